The molecule has 1 aromatic heterocycles. The average molecular weight is 512 g/mol. The van der Waals surface area contributed by atoms with Gasteiger partial charge in [-0.1, -0.05) is 43.7 Å². The average Bonchev–Trinajstić information content (AvgIpc) is 2.86. The Morgan fingerprint density at radius 2 is 1.86 bits per heavy atom. The Morgan fingerprint density at radius 3 is 2.46 bits per heavy atom. The van der Waals surface area contributed by atoms with Crippen molar-refractivity contribution in [1.82, 2.24) is 14.0 Å². The van der Waals surface area contributed by atoms with Crippen LogP contribution in [0.3, 0.4) is 0 Å². The number of hydrogen-bond donors (Lipinski definition) is 3. The summed E-state index contributed by atoms with van der Waals surface area (Å²) in [7, 11) is 1.77. The lowest BCUT2D eigenvalue weighted by molar-refractivity contribution is -0.0246. The van der Waals surface area contributed by atoms with E-state index in [0.717, 1.165) is 37.7 Å². The SMILES string of the molecule is CCCCn1c(O)c(C(=N)N)c(=O)n(C2CCC3(CC2)CC(N(C)C(=O)OCc2ccccc2)C3)c1=O. The molecule has 0 saturated heterocycles. The van der Waals surface area contributed by atoms with Crippen molar-refractivity contribution in [1.29, 1.82) is 5.41 Å². The predicted octanol–water partition coefficient (Wildman–Crippen LogP) is 3.33. The molecule has 10 heteroatoms. The van der Waals surface area contributed by atoms with E-state index in [9.17, 15) is 19.5 Å². The molecule has 4 rings (SSSR count). The molecule has 2 aliphatic rings. The van der Waals surface area contributed by atoms with Gasteiger partial charge in [0.2, 0.25) is 5.88 Å². The first-order chi connectivity index (χ1) is 17.7. The summed E-state index contributed by atoms with van der Waals surface area (Å²) in [4.78, 5) is 40.5. The number of aromatic nitrogens is 2. The number of benzene rings is 1. The summed E-state index contributed by atoms with van der Waals surface area (Å²) in [5.74, 6) is -1.07. The number of nitrogens with two attached hydrogens (primary N) is 1. The van der Waals surface area contributed by atoms with E-state index >= 15 is 0 Å². The number of nitrogen functional groups attached to an aromatic ring is 1. The summed E-state index contributed by atoms with van der Waals surface area (Å²) in [6, 6.07) is 9.36. The van der Waals surface area contributed by atoms with Crippen LogP contribution in [0.1, 0.15) is 75.5 Å². The number of unbranched alkanes of at least 4 members (excludes halogenated alkanes) is 1. The van der Waals surface area contributed by atoms with Gasteiger partial charge in [0.1, 0.15) is 18.0 Å². The second-order valence-electron chi connectivity index (χ2n) is 10.5. The first-order valence-corrected chi connectivity index (χ1v) is 13.0. The molecule has 1 heterocycles. The molecular formula is C27H37N5O5. The number of aromatic hydroxyl groups is 1. The highest BCUT2D eigenvalue weighted by molar-refractivity contribution is 5.96. The standard InChI is InChI=1S/C27H37N5O5/c1-3-4-14-31-23(33)21(22(28)29)24(34)32(25(31)35)19-10-12-27(13-11-19)15-20(16-27)30(2)26(36)37-17-18-8-6-5-7-9-18/h5-9,19-20,33H,3-4,10-17H2,1-2H3,(H3,28,29). The second kappa shape index (κ2) is 10.8. The topological polar surface area (TPSA) is 144 Å². The number of amides is 1. The van der Waals surface area contributed by atoms with Crippen LogP contribution in [0.15, 0.2) is 39.9 Å². The van der Waals surface area contributed by atoms with Gasteiger partial charge in [0.05, 0.1) is 0 Å². The lowest BCUT2D eigenvalue weighted by Crippen LogP contribution is -2.53. The van der Waals surface area contributed by atoms with Crippen molar-refractivity contribution < 1.29 is 14.6 Å². The molecule has 0 aliphatic heterocycles. The third-order valence-corrected chi connectivity index (χ3v) is 8.11. The van der Waals surface area contributed by atoms with Gasteiger partial charge in [-0.25, -0.2) is 9.59 Å². The maximum Gasteiger partial charge on any atom is 0.410 e. The van der Waals surface area contributed by atoms with Gasteiger partial charge >= 0.3 is 11.8 Å². The first kappa shape index (κ1) is 26.5. The van der Waals surface area contributed by atoms with Crippen LogP contribution in [0.4, 0.5) is 4.79 Å². The molecule has 1 amide bonds. The number of carbonyl (C=O) groups is 1. The molecule has 2 fully saturated rings. The van der Waals surface area contributed by atoms with Crippen LogP contribution in [-0.4, -0.2) is 44.2 Å². The minimum Gasteiger partial charge on any atom is -0.494 e. The zero-order valence-electron chi connectivity index (χ0n) is 21.6. The Kier molecular flexibility index (Phi) is 7.75. The molecule has 2 aromatic rings. The van der Waals surface area contributed by atoms with Crippen LogP contribution in [0.2, 0.25) is 0 Å². The minimum atomic E-state index is -0.698. The van der Waals surface area contributed by atoms with E-state index in [1.807, 2.05) is 37.3 Å². The highest BCUT2D eigenvalue weighted by Gasteiger charge is 2.49. The monoisotopic (exact) mass is 511 g/mol. The number of carbonyl (C=O) groups excluding carboxylic acids is 1. The van der Waals surface area contributed by atoms with E-state index in [2.05, 4.69) is 0 Å². The van der Waals surface area contributed by atoms with Gasteiger partial charge < -0.3 is 20.5 Å². The third kappa shape index (κ3) is 5.28. The van der Waals surface area contributed by atoms with Crippen LogP contribution in [0.5, 0.6) is 5.88 Å². The number of rotatable bonds is 8. The van der Waals surface area contributed by atoms with Crippen LogP contribution in [-0.2, 0) is 17.9 Å². The number of nitrogens with zero attached hydrogens (tertiary/aromatic N) is 3. The van der Waals surface area contributed by atoms with Crippen molar-refractivity contribution in [3.8, 4) is 5.88 Å². The zero-order valence-corrected chi connectivity index (χ0v) is 21.6. The van der Waals surface area contributed by atoms with E-state index in [1.54, 1.807) is 11.9 Å². The van der Waals surface area contributed by atoms with Gasteiger partial charge in [0.15, 0.2) is 0 Å². The number of amidine groups is 1. The number of hydrogen-bond acceptors (Lipinski definition) is 6. The molecular weight excluding hydrogens is 474 g/mol. The third-order valence-electron chi connectivity index (χ3n) is 8.11. The largest absolute Gasteiger partial charge is 0.494 e. The summed E-state index contributed by atoms with van der Waals surface area (Å²) in [6.07, 6.45) is 5.79. The van der Waals surface area contributed by atoms with E-state index in [1.165, 1.54) is 9.13 Å². The fourth-order valence-electron chi connectivity index (χ4n) is 5.80. The number of ether oxygens (including phenoxy) is 1. The molecule has 2 aliphatic carbocycles. The quantitative estimate of drug-likeness (QED) is 0.366. The van der Waals surface area contributed by atoms with E-state index in [-0.39, 0.29) is 42.3 Å². The van der Waals surface area contributed by atoms with Crippen molar-refractivity contribution in [3.05, 3.63) is 62.3 Å². The molecule has 200 valence electrons. The van der Waals surface area contributed by atoms with Crippen LogP contribution >= 0.6 is 0 Å². The maximum atomic E-state index is 13.2. The summed E-state index contributed by atoms with van der Waals surface area (Å²) in [6.45, 7) is 2.46. The smallest absolute Gasteiger partial charge is 0.410 e. The fourth-order valence-corrected chi connectivity index (χ4v) is 5.80. The highest BCUT2D eigenvalue weighted by atomic mass is 16.6. The van der Waals surface area contributed by atoms with Gasteiger partial charge in [-0.2, -0.15) is 0 Å². The van der Waals surface area contributed by atoms with Crippen molar-refractivity contribution in [2.24, 2.45) is 11.1 Å². The molecule has 0 bridgehead atoms. The van der Waals surface area contributed by atoms with Crippen LogP contribution in [0.25, 0.3) is 0 Å². The minimum absolute atomic E-state index is 0.0836. The van der Waals surface area contributed by atoms with E-state index < -0.39 is 23.0 Å². The molecule has 0 unspecified atom stereocenters. The molecule has 37 heavy (non-hydrogen) atoms. The molecule has 1 spiro atoms. The normalized spacial score (nSPS) is 22.9. The van der Waals surface area contributed by atoms with Gasteiger partial charge in [-0.15, -0.1) is 0 Å². The Labute approximate surface area is 216 Å². The Hall–Kier alpha value is -3.56. The number of nitrogens with one attached hydrogen (secondary N) is 1. The second-order valence-corrected chi connectivity index (χ2v) is 10.5. The molecule has 4 N–H and O–H groups in total. The Morgan fingerprint density at radius 1 is 1.22 bits per heavy atom. The zero-order chi connectivity index (χ0) is 26.7. The fraction of sp³-hybridized carbons (Fsp3) is 0.556. The molecule has 1 aromatic carbocycles. The Balaban J connectivity index is 1.40. The van der Waals surface area contributed by atoms with Crippen LogP contribution in [0, 0.1) is 10.8 Å². The summed E-state index contributed by atoms with van der Waals surface area (Å²) >= 11 is 0. The molecule has 0 radical (unpaired) electrons. The van der Waals surface area contributed by atoms with Gasteiger partial charge in [-0.3, -0.25) is 19.3 Å². The van der Waals surface area contributed by atoms with E-state index in [4.69, 9.17) is 15.9 Å². The van der Waals surface area contributed by atoms with Gasteiger partial charge in [-0.05, 0) is 55.9 Å². The molecule has 2 saturated carbocycles. The summed E-state index contributed by atoms with van der Waals surface area (Å²) in [5.41, 5.74) is 5.08. The molecule has 10 nitrogen and oxygen atoms in total. The van der Waals surface area contributed by atoms with Crippen molar-refractivity contribution in [2.75, 3.05) is 7.05 Å². The summed E-state index contributed by atoms with van der Waals surface area (Å²) < 4.78 is 7.83. The lowest BCUT2D eigenvalue weighted by atomic mass is 9.57. The molecule has 0 atom stereocenters. The Bertz CT molecular complexity index is 1250. The maximum absolute atomic E-state index is 13.2. The van der Waals surface area contributed by atoms with Crippen molar-refractivity contribution in [2.45, 2.75) is 83.5 Å². The van der Waals surface area contributed by atoms with Crippen molar-refractivity contribution >= 4 is 11.9 Å². The lowest BCUT2D eigenvalue weighted by Gasteiger charge is -2.53. The first-order valence-electron chi connectivity index (χ1n) is 13.0. The highest BCUT2D eigenvalue weighted by Crippen LogP contribution is 2.54. The van der Waals surface area contributed by atoms with Crippen LogP contribution < -0.4 is 17.0 Å². The van der Waals surface area contributed by atoms with Crippen molar-refractivity contribution in [3.63, 3.8) is 0 Å². The predicted molar refractivity (Wildman–Crippen MR) is 140 cm³/mol. The van der Waals surface area contributed by atoms with E-state index in [0.29, 0.717) is 19.3 Å². The summed E-state index contributed by atoms with van der Waals surface area (Å²) in [5, 5.41) is 18.3. The van der Waals surface area contributed by atoms with Gasteiger partial charge in [0.25, 0.3) is 5.56 Å². The van der Waals surface area contributed by atoms with Gasteiger partial charge in [0, 0.05) is 25.7 Å².